The first-order chi connectivity index (χ1) is 10.0. The fourth-order valence-corrected chi connectivity index (χ4v) is 2.54. The zero-order valence-corrected chi connectivity index (χ0v) is 12.7. The van der Waals surface area contributed by atoms with Gasteiger partial charge in [-0.25, -0.2) is 0 Å². The maximum atomic E-state index is 12.6. The predicted molar refractivity (Wildman–Crippen MR) is 81.2 cm³/mol. The molecule has 4 nitrogen and oxygen atoms in total. The molecule has 0 radical (unpaired) electrons. The molecule has 112 valence electrons. The molecule has 0 aliphatic rings. The summed E-state index contributed by atoms with van der Waals surface area (Å²) in [6.45, 7) is 3.71. The van der Waals surface area contributed by atoms with E-state index in [-0.39, 0.29) is 18.6 Å². The van der Waals surface area contributed by atoms with Crippen molar-refractivity contribution < 1.29 is 14.3 Å². The second kappa shape index (κ2) is 6.59. The monoisotopic (exact) mass is 287 g/mol. The summed E-state index contributed by atoms with van der Waals surface area (Å²) in [4.78, 5) is 14.3. The number of aryl methyl sites for hydroxylation is 2. The number of aliphatic hydroxyl groups excluding tert-OH is 1. The van der Waals surface area contributed by atoms with Crippen LogP contribution >= 0.6 is 0 Å². The quantitative estimate of drug-likeness (QED) is 0.919. The average Bonchev–Trinajstić information content (AvgIpc) is 2.83. The van der Waals surface area contributed by atoms with Gasteiger partial charge in [-0.2, -0.15) is 0 Å². The van der Waals surface area contributed by atoms with Crippen LogP contribution in [-0.2, 0) is 0 Å². The molecule has 0 saturated carbocycles. The van der Waals surface area contributed by atoms with Crippen LogP contribution in [0, 0.1) is 13.8 Å². The van der Waals surface area contributed by atoms with Crippen LogP contribution in [0.3, 0.4) is 0 Å². The van der Waals surface area contributed by atoms with Crippen molar-refractivity contribution in [2.75, 3.05) is 13.7 Å². The minimum absolute atomic E-state index is 0.0212. The van der Waals surface area contributed by atoms with E-state index in [1.807, 2.05) is 50.2 Å². The lowest BCUT2D eigenvalue weighted by Crippen LogP contribution is -2.32. The number of rotatable bonds is 5. The average molecular weight is 287 g/mol. The summed E-state index contributed by atoms with van der Waals surface area (Å²) in [6, 6.07) is 11.4. The Hall–Kier alpha value is -2.07. The Morgan fingerprint density at radius 3 is 2.48 bits per heavy atom. The van der Waals surface area contributed by atoms with E-state index in [0.29, 0.717) is 12.2 Å². The van der Waals surface area contributed by atoms with Gasteiger partial charge in [0, 0.05) is 19.2 Å². The summed E-state index contributed by atoms with van der Waals surface area (Å²) in [7, 11) is 1.74. The molecular formula is C17H21NO3. The number of amides is 1. The summed E-state index contributed by atoms with van der Waals surface area (Å²) in [5, 5.41) is 9.30. The molecule has 0 aliphatic heterocycles. The Kier molecular flexibility index (Phi) is 4.81. The lowest BCUT2D eigenvalue weighted by atomic mass is 10.0. The molecule has 21 heavy (non-hydrogen) atoms. The molecule has 2 rings (SSSR count). The second-order valence-electron chi connectivity index (χ2n) is 5.22. The fraction of sp³-hybridized carbons (Fsp3) is 0.353. The number of carbonyl (C=O) groups excluding carboxylic acids is 1. The van der Waals surface area contributed by atoms with Crippen molar-refractivity contribution in [1.82, 2.24) is 4.90 Å². The minimum Gasteiger partial charge on any atom is -0.456 e. The van der Waals surface area contributed by atoms with Crippen LogP contribution < -0.4 is 0 Å². The van der Waals surface area contributed by atoms with E-state index in [9.17, 15) is 9.90 Å². The van der Waals surface area contributed by atoms with Gasteiger partial charge in [0.05, 0.1) is 6.04 Å². The molecule has 0 aliphatic carbocycles. The lowest BCUT2D eigenvalue weighted by Gasteiger charge is -2.27. The molecule has 0 bridgehead atoms. The Morgan fingerprint density at radius 2 is 1.95 bits per heavy atom. The highest BCUT2D eigenvalue weighted by atomic mass is 16.4. The first kappa shape index (κ1) is 15.3. The third-order valence-electron chi connectivity index (χ3n) is 3.61. The van der Waals surface area contributed by atoms with Crippen LogP contribution in [0.25, 0.3) is 0 Å². The Labute approximate surface area is 125 Å². The molecule has 1 aromatic carbocycles. The van der Waals surface area contributed by atoms with Crippen LogP contribution in [0.2, 0.25) is 0 Å². The van der Waals surface area contributed by atoms with Gasteiger partial charge in [0.15, 0.2) is 5.76 Å². The predicted octanol–water partition coefficient (Wildman–Crippen LogP) is 3.09. The number of hydrogen-bond donors (Lipinski definition) is 1. The summed E-state index contributed by atoms with van der Waals surface area (Å²) >= 11 is 0. The van der Waals surface area contributed by atoms with Crippen LogP contribution in [0.4, 0.5) is 0 Å². The van der Waals surface area contributed by atoms with Gasteiger partial charge >= 0.3 is 0 Å². The Bertz CT molecular complexity index is 604. The van der Waals surface area contributed by atoms with Crippen molar-refractivity contribution in [1.29, 1.82) is 0 Å². The van der Waals surface area contributed by atoms with E-state index in [2.05, 4.69) is 0 Å². The topological polar surface area (TPSA) is 53.7 Å². The van der Waals surface area contributed by atoms with Gasteiger partial charge in [0.25, 0.3) is 5.91 Å². The maximum Gasteiger partial charge on any atom is 0.290 e. The number of nitrogens with zero attached hydrogens (tertiary/aromatic N) is 1. The largest absolute Gasteiger partial charge is 0.456 e. The third kappa shape index (κ3) is 3.34. The fourth-order valence-electron chi connectivity index (χ4n) is 2.54. The molecular weight excluding hydrogens is 266 g/mol. The van der Waals surface area contributed by atoms with Gasteiger partial charge in [-0.15, -0.1) is 0 Å². The van der Waals surface area contributed by atoms with Gasteiger partial charge in [0.2, 0.25) is 0 Å². The SMILES string of the molecule is Cc1cc(C)c(C(=O)N(C)C(CCO)c2ccccc2)o1. The minimum atomic E-state index is -0.173. The van der Waals surface area contributed by atoms with E-state index in [4.69, 9.17) is 4.42 Å². The van der Waals surface area contributed by atoms with Crippen molar-refractivity contribution in [2.45, 2.75) is 26.3 Å². The first-order valence-electron chi connectivity index (χ1n) is 7.04. The smallest absolute Gasteiger partial charge is 0.290 e. The lowest BCUT2D eigenvalue weighted by molar-refractivity contribution is 0.0670. The molecule has 0 saturated heterocycles. The van der Waals surface area contributed by atoms with E-state index in [1.165, 1.54) is 0 Å². The molecule has 1 atom stereocenters. The van der Waals surface area contributed by atoms with Crippen LogP contribution in [-0.4, -0.2) is 29.6 Å². The van der Waals surface area contributed by atoms with E-state index < -0.39 is 0 Å². The molecule has 2 aromatic rings. The van der Waals surface area contributed by atoms with Gasteiger partial charge in [0.1, 0.15) is 5.76 Å². The first-order valence-corrected chi connectivity index (χ1v) is 7.04. The van der Waals surface area contributed by atoms with Crippen molar-refractivity contribution >= 4 is 5.91 Å². The van der Waals surface area contributed by atoms with E-state index >= 15 is 0 Å². The van der Waals surface area contributed by atoms with Gasteiger partial charge in [-0.3, -0.25) is 4.79 Å². The van der Waals surface area contributed by atoms with Crippen LogP contribution in [0.5, 0.6) is 0 Å². The molecule has 1 unspecified atom stereocenters. The molecule has 1 heterocycles. The number of benzene rings is 1. The van der Waals surface area contributed by atoms with Gasteiger partial charge in [-0.05, 0) is 31.9 Å². The molecule has 1 aromatic heterocycles. The van der Waals surface area contributed by atoms with Crippen molar-refractivity contribution in [3.8, 4) is 0 Å². The molecule has 4 heteroatoms. The van der Waals surface area contributed by atoms with Gasteiger partial charge in [-0.1, -0.05) is 30.3 Å². The van der Waals surface area contributed by atoms with Crippen molar-refractivity contribution in [3.05, 3.63) is 59.0 Å². The molecule has 1 amide bonds. The zero-order chi connectivity index (χ0) is 15.4. The Balaban J connectivity index is 2.28. The van der Waals surface area contributed by atoms with Crippen LogP contribution in [0.1, 0.15) is 39.9 Å². The Morgan fingerprint density at radius 1 is 1.29 bits per heavy atom. The molecule has 0 spiro atoms. The van der Waals surface area contributed by atoms with Crippen LogP contribution in [0.15, 0.2) is 40.8 Å². The highest BCUT2D eigenvalue weighted by Gasteiger charge is 2.25. The number of furan rings is 1. The highest BCUT2D eigenvalue weighted by Crippen LogP contribution is 2.26. The zero-order valence-electron chi connectivity index (χ0n) is 12.7. The third-order valence-corrected chi connectivity index (χ3v) is 3.61. The normalized spacial score (nSPS) is 12.2. The number of hydrogen-bond acceptors (Lipinski definition) is 3. The van der Waals surface area contributed by atoms with Crippen molar-refractivity contribution in [2.24, 2.45) is 0 Å². The summed E-state index contributed by atoms with van der Waals surface area (Å²) < 4.78 is 5.51. The van der Waals surface area contributed by atoms with Gasteiger partial charge < -0.3 is 14.4 Å². The second-order valence-corrected chi connectivity index (χ2v) is 5.22. The summed E-state index contributed by atoms with van der Waals surface area (Å²) in [5.74, 6) is 0.930. The summed E-state index contributed by atoms with van der Waals surface area (Å²) in [6.07, 6.45) is 0.491. The van der Waals surface area contributed by atoms with E-state index in [0.717, 1.165) is 16.9 Å². The highest BCUT2D eigenvalue weighted by molar-refractivity contribution is 5.93. The van der Waals surface area contributed by atoms with Crippen molar-refractivity contribution in [3.63, 3.8) is 0 Å². The molecule has 1 N–H and O–H groups in total. The number of aliphatic hydroxyl groups is 1. The number of carbonyl (C=O) groups is 1. The summed E-state index contributed by atoms with van der Waals surface area (Å²) in [5.41, 5.74) is 1.84. The van der Waals surface area contributed by atoms with E-state index in [1.54, 1.807) is 11.9 Å². The standard InChI is InChI=1S/C17H21NO3/c1-12-11-13(2)21-16(12)17(20)18(3)15(9-10-19)14-7-5-4-6-8-14/h4-8,11,15,19H,9-10H2,1-3H3. The maximum absolute atomic E-state index is 12.6. The molecule has 0 fully saturated rings.